The normalized spacial score (nSPS) is 37.7. The Balaban J connectivity index is 1.23. The highest BCUT2D eigenvalue weighted by molar-refractivity contribution is 6.11. The molecule has 0 unspecified atom stereocenters. The average Bonchev–Trinajstić information content (AvgIpc) is 2.71. The summed E-state index contributed by atoms with van der Waals surface area (Å²) in [6, 6.07) is 9.15. The zero-order chi connectivity index (χ0) is 18.6. The smallest absolute Gasteiger partial charge is 0.119 e. The predicted octanol–water partition coefficient (Wildman–Crippen LogP) is 6.53. The molecule has 3 aliphatic rings. The van der Waals surface area contributed by atoms with Crippen LogP contribution in [0, 0.1) is 17.8 Å². The van der Waals surface area contributed by atoms with E-state index >= 15 is 0 Å². The van der Waals surface area contributed by atoms with Crippen molar-refractivity contribution in [3.63, 3.8) is 0 Å². The van der Waals surface area contributed by atoms with E-state index in [1.165, 1.54) is 82.6 Å². The van der Waals surface area contributed by atoms with Crippen LogP contribution in [0.2, 0.25) is 5.82 Å². The Kier molecular flexibility index (Phi) is 6.51. The highest BCUT2D eigenvalue weighted by Crippen LogP contribution is 2.41. The van der Waals surface area contributed by atoms with E-state index < -0.39 is 0 Å². The van der Waals surface area contributed by atoms with Gasteiger partial charge in [0.1, 0.15) is 13.6 Å². The fraction of sp³-hybridized carbons (Fsp3) is 0.760. The minimum atomic E-state index is 0.449. The van der Waals surface area contributed by atoms with Gasteiger partial charge in [-0.3, -0.25) is 0 Å². The molecule has 2 heteroatoms. The van der Waals surface area contributed by atoms with Gasteiger partial charge in [-0.2, -0.15) is 0 Å². The van der Waals surface area contributed by atoms with E-state index in [4.69, 9.17) is 4.74 Å². The van der Waals surface area contributed by atoms with Gasteiger partial charge in [-0.25, -0.2) is 0 Å². The van der Waals surface area contributed by atoms with E-state index in [0.717, 1.165) is 35.2 Å². The lowest BCUT2D eigenvalue weighted by Gasteiger charge is -2.37. The molecule has 27 heavy (non-hydrogen) atoms. The van der Waals surface area contributed by atoms with Crippen LogP contribution in [0.3, 0.4) is 0 Å². The minimum absolute atomic E-state index is 0.449. The van der Waals surface area contributed by atoms with Gasteiger partial charge in [-0.1, -0.05) is 50.6 Å². The Hall–Kier alpha value is -0.915. The van der Waals surface area contributed by atoms with Crippen molar-refractivity contribution in [2.24, 2.45) is 17.8 Å². The molecule has 148 valence electrons. The summed E-state index contributed by atoms with van der Waals surface area (Å²) >= 11 is 0. The predicted molar refractivity (Wildman–Crippen MR) is 117 cm³/mol. The number of ether oxygens (including phenoxy) is 1. The van der Waals surface area contributed by atoms with Gasteiger partial charge in [-0.15, -0.1) is 0 Å². The monoisotopic (exact) mass is 366 g/mol. The molecule has 0 amide bonds. The van der Waals surface area contributed by atoms with Crippen LogP contribution in [0.4, 0.5) is 0 Å². The summed E-state index contributed by atoms with van der Waals surface area (Å²) in [6.45, 7) is 2.43. The molecule has 3 fully saturated rings. The lowest BCUT2D eigenvalue weighted by Crippen LogP contribution is -2.29. The molecular formula is C25H39BO. The van der Waals surface area contributed by atoms with Crippen LogP contribution < -0.4 is 4.74 Å². The van der Waals surface area contributed by atoms with E-state index in [1.54, 1.807) is 0 Å². The minimum Gasteiger partial charge on any atom is -0.490 e. The summed E-state index contributed by atoms with van der Waals surface area (Å²) in [5.74, 6) is 5.77. The summed E-state index contributed by atoms with van der Waals surface area (Å²) < 4.78 is 6.37. The van der Waals surface area contributed by atoms with Crippen LogP contribution in [0.25, 0.3) is 0 Å². The van der Waals surface area contributed by atoms with Gasteiger partial charge in [0, 0.05) is 0 Å². The first-order chi connectivity index (χ1) is 13.2. The van der Waals surface area contributed by atoms with E-state index in [9.17, 15) is 0 Å². The summed E-state index contributed by atoms with van der Waals surface area (Å²) in [6.07, 6.45) is 17.2. The quantitative estimate of drug-likeness (QED) is 0.551. The Morgan fingerprint density at radius 3 is 1.85 bits per heavy atom. The first kappa shape index (κ1) is 19.4. The van der Waals surface area contributed by atoms with E-state index in [0.29, 0.717) is 6.10 Å². The fourth-order valence-electron chi connectivity index (χ4n) is 6.04. The van der Waals surface area contributed by atoms with Crippen molar-refractivity contribution >= 4 is 7.85 Å². The van der Waals surface area contributed by atoms with Gasteiger partial charge in [0.2, 0.25) is 0 Å². The number of benzene rings is 1. The largest absolute Gasteiger partial charge is 0.490 e. The number of hydrogen-bond acceptors (Lipinski definition) is 1. The Morgan fingerprint density at radius 1 is 0.704 bits per heavy atom. The molecule has 0 radical (unpaired) electrons. The zero-order valence-corrected chi connectivity index (χ0v) is 17.7. The maximum Gasteiger partial charge on any atom is 0.119 e. The van der Waals surface area contributed by atoms with E-state index in [2.05, 4.69) is 39.0 Å². The van der Waals surface area contributed by atoms with Crippen LogP contribution in [-0.2, 0) is 0 Å². The molecule has 4 rings (SSSR count). The van der Waals surface area contributed by atoms with Crippen LogP contribution in [0.5, 0.6) is 5.75 Å². The van der Waals surface area contributed by atoms with Crippen molar-refractivity contribution < 1.29 is 4.74 Å². The zero-order valence-electron chi connectivity index (χ0n) is 17.7. The molecule has 3 aliphatic carbocycles. The lowest BCUT2D eigenvalue weighted by atomic mass is 9.70. The van der Waals surface area contributed by atoms with Crippen LogP contribution >= 0.6 is 0 Å². The second kappa shape index (κ2) is 9.06. The highest BCUT2D eigenvalue weighted by Gasteiger charge is 2.30. The van der Waals surface area contributed by atoms with Crippen LogP contribution in [0.15, 0.2) is 24.3 Å². The van der Waals surface area contributed by atoms with Gasteiger partial charge in [-0.05, 0) is 92.7 Å². The van der Waals surface area contributed by atoms with Gasteiger partial charge < -0.3 is 4.74 Å². The lowest BCUT2D eigenvalue weighted by molar-refractivity contribution is 0.0936. The standard InChI is InChI=1S/C25H39BO/c1-18-2-4-19(5-3-18)21-8-14-24(15-9-21)27-25-16-10-22(11-17-25)20-6-12-23(26)13-7-20/h10-11,16-21,23-24H,2-9,12-15,26H2,1H3. The molecular weight excluding hydrogens is 327 g/mol. The third-order valence-electron chi connectivity index (χ3n) is 8.12. The average molecular weight is 366 g/mol. The molecule has 1 aromatic rings. The summed E-state index contributed by atoms with van der Waals surface area (Å²) in [5, 5.41) is 0. The number of hydrogen-bond donors (Lipinski definition) is 0. The molecule has 1 aromatic carbocycles. The molecule has 0 spiro atoms. The molecule has 0 aliphatic heterocycles. The van der Waals surface area contributed by atoms with Gasteiger partial charge >= 0.3 is 0 Å². The fourth-order valence-corrected chi connectivity index (χ4v) is 6.04. The first-order valence-electron chi connectivity index (χ1n) is 11.9. The Bertz CT molecular complexity index is 558. The van der Waals surface area contributed by atoms with Crippen molar-refractivity contribution in [2.45, 2.75) is 102 Å². The molecule has 0 N–H and O–H groups in total. The third-order valence-corrected chi connectivity index (χ3v) is 8.12. The number of rotatable bonds is 4. The van der Waals surface area contributed by atoms with E-state index in [1.807, 2.05) is 0 Å². The molecule has 0 atom stereocenters. The van der Waals surface area contributed by atoms with Gasteiger partial charge in [0.05, 0.1) is 6.10 Å². The Labute approximate surface area is 168 Å². The maximum absolute atomic E-state index is 6.37. The van der Waals surface area contributed by atoms with Crippen LogP contribution in [-0.4, -0.2) is 14.0 Å². The SMILES string of the molecule is BC1CCC(c2ccc(OC3CCC(C4CCC(C)CC4)CC3)cc2)CC1. The van der Waals surface area contributed by atoms with E-state index in [-0.39, 0.29) is 0 Å². The molecule has 0 bridgehead atoms. The molecule has 0 aromatic heterocycles. The topological polar surface area (TPSA) is 9.23 Å². The highest BCUT2D eigenvalue weighted by atomic mass is 16.5. The second-order valence-corrected chi connectivity index (χ2v) is 10.2. The van der Waals surface area contributed by atoms with Crippen molar-refractivity contribution in [1.29, 1.82) is 0 Å². The van der Waals surface area contributed by atoms with Crippen molar-refractivity contribution in [3.05, 3.63) is 29.8 Å². The van der Waals surface area contributed by atoms with Gasteiger partial charge in [0.15, 0.2) is 0 Å². The third kappa shape index (κ3) is 5.12. The van der Waals surface area contributed by atoms with Crippen molar-refractivity contribution in [3.8, 4) is 5.75 Å². The summed E-state index contributed by atoms with van der Waals surface area (Å²) in [5.41, 5.74) is 1.53. The van der Waals surface area contributed by atoms with Gasteiger partial charge in [0.25, 0.3) is 0 Å². The van der Waals surface area contributed by atoms with Crippen molar-refractivity contribution in [2.75, 3.05) is 0 Å². The molecule has 0 saturated heterocycles. The summed E-state index contributed by atoms with van der Waals surface area (Å²) in [7, 11) is 2.40. The summed E-state index contributed by atoms with van der Waals surface area (Å²) in [4.78, 5) is 0. The molecule has 1 nitrogen and oxygen atoms in total. The Morgan fingerprint density at radius 2 is 1.26 bits per heavy atom. The molecule has 3 saturated carbocycles. The first-order valence-corrected chi connectivity index (χ1v) is 11.9. The maximum atomic E-state index is 6.37. The van der Waals surface area contributed by atoms with Crippen molar-refractivity contribution in [1.82, 2.24) is 0 Å². The second-order valence-electron chi connectivity index (χ2n) is 10.2. The van der Waals surface area contributed by atoms with Crippen LogP contribution in [0.1, 0.15) is 95.5 Å². The molecule has 0 heterocycles.